The van der Waals surface area contributed by atoms with Crippen molar-refractivity contribution in [3.05, 3.63) is 0 Å². The van der Waals surface area contributed by atoms with Crippen LogP contribution in [0.25, 0.3) is 0 Å². The van der Waals surface area contributed by atoms with Crippen molar-refractivity contribution in [2.45, 2.75) is 64.1 Å². The maximum Gasteiger partial charge on any atom is 0.0238 e. The Labute approximate surface area is 88.1 Å². The summed E-state index contributed by atoms with van der Waals surface area (Å²) in [5, 5.41) is 3.57. The molecule has 2 aliphatic rings. The monoisotopic (exact) mass is 196 g/mol. The van der Waals surface area contributed by atoms with Crippen LogP contribution in [-0.2, 0) is 0 Å². The van der Waals surface area contributed by atoms with Crippen LogP contribution in [0.5, 0.6) is 0 Å². The van der Waals surface area contributed by atoms with Crippen LogP contribution in [0.15, 0.2) is 0 Å². The third-order valence-corrected chi connectivity index (χ3v) is 3.90. The molecule has 0 aromatic carbocycles. The van der Waals surface area contributed by atoms with Gasteiger partial charge in [0.1, 0.15) is 0 Å². The van der Waals surface area contributed by atoms with E-state index in [1.54, 1.807) is 0 Å². The molecule has 3 unspecified atom stereocenters. The van der Waals surface area contributed by atoms with Crippen molar-refractivity contribution in [2.24, 2.45) is 0 Å². The minimum atomic E-state index is 0.732. The lowest BCUT2D eigenvalue weighted by Crippen LogP contribution is -2.42. The van der Waals surface area contributed by atoms with Gasteiger partial charge in [-0.15, -0.1) is 0 Å². The standard InChI is InChI=1S/C12H24N2/c1-10-8-12(9-13-10)14-7-5-3-4-6-11(14)2/h10-13H,3-9H2,1-2H3. The maximum absolute atomic E-state index is 3.57. The van der Waals surface area contributed by atoms with E-state index >= 15 is 0 Å². The van der Waals surface area contributed by atoms with Gasteiger partial charge in [0.05, 0.1) is 0 Å². The van der Waals surface area contributed by atoms with Gasteiger partial charge >= 0.3 is 0 Å². The third kappa shape index (κ3) is 2.29. The van der Waals surface area contributed by atoms with Gasteiger partial charge in [0.25, 0.3) is 0 Å². The van der Waals surface area contributed by atoms with Crippen molar-refractivity contribution in [1.29, 1.82) is 0 Å². The molecule has 0 amide bonds. The molecule has 0 saturated carbocycles. The van der Waals surface area contributed by atoms with E-state index in [2.05, 4.69) is 24.1 Å². The molecule has 0 aromatic rings. The molecule has 0 radical (unpaired) electrons. The fourth-order valence-electron chi connectivity index (χ4n) is 3.00. The molecule has 82 valence electrons. The van der Waals surface area contributed by atoms with Gasteiger partial charge in [-0.1, -0.05) is 12.8 Å². The predicted molar refractivity (Wildman–Crippen MR) is 60.5 cm³/mol. The Hall–Kier alpha value is -0.0800. The van der Waals surface area contributed by atoms with E-state index in [0.29, 0.717) is 0 Å². The van der Waals surface area contributed by atoms with Crippen molar-refractivity contribution in [3.63, 3.8) is 0 Å². The van der Waals surface area contributed by atoms with Gasteiger partial charge in [-0.3, -0.25) is 4.90 Å². The number of hydrogen-bond donors (Lipinski definition) is 1. The molecular formula is C12H24N2. The summed E-state index contributed by atoms with van der Waals surface area (Å²) in [6.45, 7) is 7.27. The third-order valence-electron chi connectivity index (χ3n) is 3.90. The fraction of sp³-hybridized carbons (Fsp3) is 1.00. The molecule has 0 bridgehead atoms. The van der Waals surface area contributed by atoms with Crippen LogP contribution >= 0.6 is 0 Å². The van der Waals surface area contributed by atoms with Crippen molar-refractivity contribution in [1.82, 2.24) is 10.2 Å². The van der Waals surface area contributed by atoms with Crippen LogP contribution in [0.4, 0.5) is 0 Å². The second kappa shape index (κ2) is 4.63. The zero-order valence-electron chi connectivity index (χ0n) is 9.63. The van der Waals surface area contributed by atoms with Gasteiger partial charge in [-0.2, -0.15) is 0 Å². The second-order valence-corrected chi connectivity index (χ2v) is 5.14. The second-order valence-electron chi connectivity index (χ2n) is 5.14. The SMILES string of the molecule is CC1CC(N2CCCCCC2C)CN1. The molecule has 0 aromatic heterocycles. The minimum Gasteiger partial charge on any atom is -0.313 e. The van der Waals surface area contributed by atoms with Crippen molar-refractivity contribution in [2.75, 3.05) is 13.1 Å². The summed E-state index contributed by atoms with van der Waals surface area (Å²) in [5.74, 6) is 0. The molecule has 14 heavy (non-hydrogen) atoms. The molecule has 2 rings (SSSR count). The van der Waals surface area contributed by atoms with Gasteiger partial charge in [-0.05, 0) is 39.7 Å². The summed E-state index contributed by atoms with van der Waals surface area (Å²) in [5.41, 5.74) is 0. The Kier molecular flexibility index (Phi) is 3.45. The Balaban J connectivity index is 1.93. The molecule has 2 heterocycles. The first-order valence-corrected chi connectivity index (χ1v) is 6.26. The van der Waals surface area contributed by atoms with Crippen LogP contribution in [0.2, 0.25) is 0 Å². The number of rotatable bonds is 1. The lowest BCUT2D eigenvalue weighted by atomic mass is 10.1. The van der Waals surface area contributed by atoms with Gasteiger partial charge in [0.15, 0.2) is 0 Å². The first-order valence-electron chi connectivity index (χ1n) is 6.26. The summed E-state index contributed by atoms with van der Waals surface area (Å²) < 4.78 is 0. The zero-order chi connectivity index (χ0) is 9.97. The van der Waals surface area contributed by atoms with Gasteiger partial charge in [0, 0.05) is 24.7 Å². The predicted octanol–water partition coefficient (Wildman–Crippen LogP) is 2.00. The van der Waals surface area contributed by atoms with Gasteiger partial charge < -0.3 is 5.32 Å². The smallest absolute Gasteiger partial charge is 0.0238 e. The molecular weight excluding hydrogens is 172 g/mol. The highest BCUT2D eigenvalue weighted by Gasteiger charge is 2.29. The van der Waals surface area contributed by atoms with E-state index in [9.17, 15) is 0 Å². The number of nitrogens with zero attached hydrogens (tertiary/aromatic N) is 1. The number of hydrogen-bond acceptors (Lipinski definition) is 2. The Morgan fingerprint density at radius 2 is 2.00 bits per heavy atom. The molecule has 1 N–H and O–H groups in total. The Morgan fingerprint density at radius 3 is 2.71 bits per heavy atom. The van der Waals surface area contributed by atoms with Crippen LogP contribution in [0, 0.1) is 0 Å². The first kappa shape index (κ1) is 10.4. The van der Waals surface area contributed by atoms with Crippen molar-refractivity contribution >= 4 is 0 Å². The summed E-state index contributed by atoms with van der Waals surface area (Å²) in [7, 11) is 0. The summed E-state index contributed by atoms with van der Waals surface area (Å²) in [6, 6.07) is 2.36. The minimum absolute atomic E-state index is 0.732. The molecule has 2 fully saturated rings. The summed E-state index contributed by atoms with van der Waals surface area (Å²) in [4.78, 5) is 2.75. The molecule has 2 nitrogen and oxygen atoms in total. The van der Waals surface area contributed by atoms with E-state index < -0.39 is 0 Å². The van der Waals surface area contributed by atoms with Crippen LogP contribution in [0.3, 0.4) is 0 Å². The zero-order valence-corrected chi connectivity index (χ0v) is 9.63. The maximum atomic E-state index is 3.57. The van der Waals surface area contributed by atoms with E-state index in [1.165, 1.54) is 45.2 Å². The van der Waals surface area contributed by atoms with Crippen LogP contribution in [-0.4, -0.2) is 36.1 Å². The van der Waals surface area contributed by atoms with Gasteiger partial charge in [0.2, 0.25) is 0 Å². The largest absolute Gasteiger partial charge is 0.313 e. The molecule has 0 spiro atoms. The van der Waals surface area contributed by atoms with Crippen LogP contribution in [0.1, 0.15) is 46.0 Å². The average molecular weight is 196 g/mol. The number of likely N-dealkylation sites (tertiary alicyclic amines) is 1. The quantitative estimate of drug-likeness (QED) is 0.690. The molecule has 2 saturated heterocycles. The normalized spacial score (nSPS) is 41.1. The van der Waals surface area contributed by atoms with Crippen molar-refractivity contribution < 1.29 is 0 Å². The average Bonchev–Trinajstić information content (AvgIpc) is 2.46. The molecule has 3 atom stereocenters. The highest BCUT2D eigenvalue weighted by molar-refractivity contribution is 4.88. The van der Waals surface area contributed by atoms with Crippen molar-refractivity contribution in [3.8, 4) is 0 Å². The van der Waals surface area contributed by atoms with E-state index in [4.69, 9.17) is 0 Å². The summed E-state index contributed by atoms with van der Waals surface area (Å²) >= 11 is 0. The van der Waals surface area contributed by atoms with Crippen LogP contribution < -0.4 is 5.32 Å². The Morgan fingerprint density at radius 1 is 1.14 bits per heavy atom. The molecule has 2 aliphatic heterocycles. The van der Waals surface area contributed by atoms with E-state index in [1.807, 2.05) is 0 Å². The topological polar surface area (TPSA) is 15.3 Å². The molecule has 2 heteroatoms. The van der Waals surface area contributed by atoms with E-state index in [0.717, 1.165) is 18.1 Å². The first-order chi connectivity index (χ1) is 6.77. The molecule has 0 aliphatic carbocycles. The van der Waals surface area contributed by atoms with Gasteiger partial charge in [-0.25, -0.2) is 0 Å². The fourth-order valence-corrected chi connectivity index (χ4v) is 3.00. The lowest BCUT2D eigenvalue weighted by molar-refractivity contribution is 0.155. The van der Waals surface area contributed by atoms with E-state index in [-0.39, 0.29) is 0 Å². The highest BCUT2D eigenvalue weighted by Crippen LogP contribution is 2.22. The Bertz CT molecular complexity index is 181. The number of nitrogens with one attached hydrogen (secondary N) is 1. The highest BCUT2D eigenvalue weighted by atomic mass is 15.2. The summed E-state index contributed by atoms with van der Waals surface area (Å²) in [6.07, 6.45) is 7.05. The lowest BCUT2D eigenvalue weighted by Gasteiger charge is -2.32.